The maximum absolute atomic E-state index is 10.2. The van der Waals surface area contributed by atoms with Crippen molar-refractivity contribution in [3.05, 3.63) is 28.8 Å². The molecule has 0 amide bonds. The first-order valence-corrected chi connectivity index (χ1v) is 8.52. The highest BCUT2D eigenvalue weighted by Crippen LogP contribution is 2.30. The average Bonchev–Trinajstić information content (AvgIpc) is 2.54. The lowest BCUT2D eigenvalue weighted by Crippen LogP contribution is -2.43. The van der Waals surface area contributed by atoms with Crippen LogP contribution in [0.4, 0.5) is 0 Å². The third-order valence-electron chi connectivity index (χ3n) is 4.17. The number of aryl methyl sites for hydroxylation is 1. The van der Waals surface area contributed by atoms with E-state index in [1.165, 1.54) is 24.0 Å². The number of fused-ring (bicyclic) bond motifs is 1. The Morgan fingerprint density at radius 1 is 1.33 bits per heavy atom. The number of rotatable bonds is 6. The van der Waals surface area contributed by atoms with Gasteiger partial charge in [0.1, 0.15) is 5.75 Å². The molecule has 0 saturated carbocycles. The van der Waals surface area contributed by atoms with Crippen LogP contribution in [0.2, 0.25) is 0 Å². The van der Waals surface area contributed by atoms with E-state index < -0.39 is 0 Å². The Balaban J connectivity index is 0.00000288. The minimum Gasteiger partial charge on any atom is -0.508 e. The van der Waals surface area contributed by atoms with Gasteiger partial charge >= 0.3 is 0 Å². The van der Waals surface area contributed by atoms with E-state index in [1.807, 2.05) is 13.0 Å². The molecule has 1 unspecified atom stereocenters. The van der Waals surface area contributed by atoms with Gasteiger partial charge in [-0.05, 0) is 56.7 Å². The van der Waals surface area contributed by atoms with Gasteiger partial charge in [-0.1, -0.05) is 6.07 Å². The van der Waals surface area contributed by atoms with Gasteiger partial charge in [0.25, 0.3) is 0 Å². The van der Waals surface area contributed by atoms with Gasteiger partial charge in [-0.25, -0.2) is 4.99 Å². The molecule has 1 aromatic rings. The van der Waals surface area contributed by atoms with Crippen LogP contribution in [0.3, 0.4) is 0 Å². The van der Waals surface area contributed by atoms with Crippen molar-refractivity contribution >= 4 is 29.9 Å². The molecule has 1 aliphatic rings. The molecule has 1 atom stereocenters. The number of aromatic hydroxyl groups is 1. The highest BCUT2D eigenvalue weighted by atomic mass is 127. The van der Waals surface area contributed by atoms with Crippen molar-refractivity contribution in [3.63, 3.8) is 0 Å². The fraction of sp³-hybridized carbons (Fsp3) is 0.611. The molecule has 1 aliphatic carbocycles. The highest BCUT2D eigenvalue weighted by molar-refractivity contribution is 14.0. The van der Waals surface area contributed by atoms with Gasteiger partial charge in [0, 0.05) is 25.3 Å². The number of benzene rings is 1. The minimum absolute atomic E-state index is 0. The molecule has 0 spiro atoms. The van der Waals surface area contributed by atoms with Gasteiger partial charge in [-0.2, -0.15) is 0 Å². The molecule has 0 fully saturated rings. The molecule has 0 aromatic heterocycles. The zero-order valence-corrected chi connectivity index (χ0v) is 17.2. The Hall–Kier alpha value is -1.02. The Kier molecular flexibility index (Phi) is 9.43. The van der Waals surface area contributed by atoms with Crippen molar-refractivity contribution in [1.82, 2.24) is 10.6 Å². The Morgan fingerprint density at radius 3 is 2.79 bits per heavy atom. The van der Waals surface area contributed by atoms with Crippen LogP contribution in [-0.2, 0) is 24.1 Å². The Labute approximate surface area is 162 Å². The van der Waals surface area contributed by atoms with Crippen molar-refractivity contribution in [2.75, 3.05) is 20.3 Å². The standard InChI is InChI=1S/C18H29N3O2.HI/c1-4-19-18(21-13(2)12-23-3)20-11-16-15-8-6-5-7-14(15)9-10-17(16)22;/h9-10,13,22H,4-8,11-12H2,1-3H3,(H2,19,20,21);1H. The van der Waals surface area contributed by atoms with Crippen molar-refractivity contribution in [2.45, 2.75) is 52.1 Å². The number of halogens is 1. The number of ether oxygens (including phenoxy) is 1. The lowest BCUT2D eigenvalue weighted by atomic mass is 9.88. The second-order valence-corrected chi connectivity index (χ2v) is 6.10. The first kappa shape index (κ1) is 21.0. The summed E-state index contributed by atoms with van der Waals surface area (Å²) in [6, 6.07) is 4.04. The second-order valence-electron chi connectivity index (χ2n) is 6.10. The van der Waals surface area contributed by atoms with Gasteiger partial charge in [0.05, 0.1) is 13.2 Å². The highest BCUT2D eigenvalue weighted by Gasteiger charge is 2.16. The molecule has 6 heteroatoms. The number of aliphatic imine (C=N–C) groups is 1. The molecule has 0 aliphatic heterocycles. The summed E-state index contributed by atoms with van der Waals surface area (Å²) >= 11 is 0. The van der Waals surface area contributed by atoms with Gasteiger partial charge in [-0.15, -0.1) is 24.0 Å². The molecule has 0 heterocycles. The molecule has 24 heavy (non-hydrogen) atoms. The van der Waals surface area contributed by atoms with Gasteiger partial charge in [-0.3, -0.25) is 0 Å². The first-order chi connectivity index (χ1) is 11.2. The molecule has 2 rings (SSSR count). The van der Waals surface area contributed by atoms with E-state index in [0.717, 1.165) is 30.9 Å². The summed E-state index contributed by atoms with van der Waals surface area (Å²) < 4.78 is 5.15. The van der Waals surface area contributed by atoms with Crippen molar-refractivity contribution in [2.24, 2.45) is 4.99 Å². The Bertz CT molecular complexity index is 549. The molecule has 0 saturated heterocycles. The third-order valence-corrected chi connectivity index (χ3v) is 4.17. The van der Waals surface area contributed by atoms with E-state index in [2.05, 4.69) is 28.6 Å². The van der Waals surface area contributed by atoms with E-state index in [-0.39, 0.29) is 30.0 Å². The normalized spacial score (nSPS) is 15.2. The van der Waals surface area contributed by atoms with Crippen LogP contribution in [-0.4, -0.2) is 37.4 Å². The SMILES string of the molecule is CCNC(=NCc1c(O)ccc2c1CCCC2)NC(C)COC.I. The van der Waals surface area contributed by atoms with Gasteiger partial charge in [0.15, 0.2) is 5.96 Å². The second kappa shape index (κ2) is 10.8. The number of nitrogens with zero attached hydrogens (tertiary/aromatic N) is 1. The third kappa shape index (κ3) is 5.81. The minimum atomic E-state index is 0. The molecule has 136 valence electrons. The summed E-state index contributed by atoms with van der Waals surface area (Å²) in [4.78, 5) is 4.65. The van der Waals surface area contributed by atoms with E-state index in [4.69, 9.17) is 4.74 Å². The van der Waals surface area contributed by atoms with Crippen molar-refractivity contribution in [1.29, 1.82) is 0 Å². The zero-order chi connectivity index (χ0) is 16.7. The largest absolute Gasteiger partial charge is 0.508 e. The molecule has 1 aromatic carbocycles. The maximum atomic E-state index is 10.2. The number of phenols is 1. The first-order valence-electron chi connectivity index (χ1n) is 8.52. The molecule has 3 N–H and O–H groups in total. The van der Waals surface area contributed by atoms with Crippen LogP contribution in [0.15, 0.2) is 17.1 Å². The topological polar surface area (TPSA) is 65.9 Å². The van der Waals surface area contributed by atoms with Crippen LogP contribution in [0.1, 0.15) is 43.4 Å². The van der Waals surface area contributed by atoms with Crippen LogP contribution in [0.5, 0.6) is 5.75 Å². The van der Waals surface area contributed by atoms with Crippen LogP contribution < -0.4 is 10.6 Å². The summed E-state index contributed by atoms with van der Waals surface area (Å²) in [6.07, 6.45) is 4.57. The molecule has 0 bridgehead atoms. The lowest BCUT2D eigenvalue weighted by molar-refractivity contribution is 0.179. The summed E-state index contributed by atoms with van der Waals surface area (Å²) in [5.41, 5.74) is 3.63. The van der Waals surface area contributed by atoms with E-state index in [9.17, 15) is 5.11 Å². The molecule has 5 nitrogen and oxygen atoms in total. The predicted octanol–water partition coefficient (Wildman–Crippen LogP) is 2.98. The maximum Gasteiger partial charge on any atom is 0.191 e. The van der Waals surface area contributed by atoms with Gasteiger partial charge in [0.2, 0.25) is 0 Å². The van der Waals surface area contributed by atoms with Crippen LogP contribution >= 0.6 is 24.0 Å². The number of phenolic OH excluding ortho intramolecular Hbond substituents is 1. The van der Waals surface area contributed by atoms with Gasteiger partial charge < -0.3 is 20.5 Å². The molecular formula is C18H30IN3O2. The summed E-state index contributed by atoms with van der Waals surface area (Å²) in [5, 5.41) is 16.8. The summed E-state index contributed by atoms with van der Waals surface area (Å²) in [5.74, 6) is 1.11. The smallest absolute Gasteiger partial charge is 0.191 e. The van der Waals surface area contributed by atoms with Crippen LogP contribution in [0.25, 0.3) is 0 Å². The average molecular weight is 447 g/mol. The predicted molar refractivity (Wildman–Crippen MR) is 109 cm³/mol. The quantitative estimate of drug-likeness (QED) is 0.357. The number of methoxy groups -OCH3 is 1. The number of hydrogen-bond donors (Lipinski definition) is 3. The Morgan fingerprint density at radius 2 is 2.08 bits per heavy atom. The molecular weight excluding hydrogens is 417 g/mol. The number of guanidine groups is 1. The van der Waals surface area contributed by atoms with Crippen LogP contribution in [0, 0.1) is 0 Å². The molecule has 0 radical (unpaired) electrons. The monoisotopic (exact) mass is 447 g/mol. The van der Waals surface area contributed by atoms with E-state index in [0.29, 0.717) is 18.9 Å². The number of hydrogen-bond acceptors (Lipinski definition) is 3. The summed E-state index contributed by atoms with van der Waals surface area (Å²) in [7, 11) is 1.69. The number of nitrogens with one attached hydrogen (secondary N) is 2. The lowest BCUT2D eigenvalue weighted by Gasteiger charge is -2.20. The van der Waals surface area contributed by atoms with Crippen molar-refractivity contribution in [3.8, 4) is 5.75 Å². The van der Waals surface area contributed by atoms with Crippen molar-refractivity contribution < 1.29 is 9.84 Å². The fourth-order valence-corrected chi connectivity index (χ4v) is 3.07. The zero-order valence-electron chi connectivity index (χ0n) is 14.9. The fourth-order valence-electron chi connectivity index (χ4n) is 3.07. The van der Waals surface area contributed by atoms with E-state index >= 15 is 0 Å². The van der Waals surface area contributed by atoms with E-state index in [1.54, 1.807) is 7.11 Å². The summed E-state index contributed by atoms with van der Waals surface area (Å²) in [6.45, 7) is 6.00.